The molecule has 0 spiro atoms. The highest BCUT2D eigenvalue weighted by molar-refractivity contribution is 7.99. The Balaban J connectivity index is 1.42. The Morgan fingerprint density at radius 2 is 1.94 bits per heavy atom. The number of amides is 1. The molecule has 3 N–H and O–H groups in total. The second-order valence-corrected chi connectivity index (χ2v) is 8.71. The van der Waals surface area contributed by atoms with Gasteiger partial charge < -0.3 is 15.9 Å². The quantitative estimate of drug-likeness (QED) is 0.162. The molecule has 32 heavy (non-hydrogen) atoms. The highest BCUT2D eigenvalue weighted by Crippen LogP contribution is 2.17. The summed E-state index contributed by atoms with van der Waals surface area (Å²) in [6.07, 6.45) is 0. The van der Waals surface area contributed by atoms with Gasteiger partial charge in [-0.1, -0.05) is 41.1 Å². The van der Waals surface area contributed by atoms with Gasteiger partial charge in [-0.05, 0) is 50.6 Å². The number of thioether (sulfide) groups is 1. The Kier molecular flexibility index (Phi) is 8.33. The minimum atomic E-state index is -0.232. The second kappa shape index (κ2) is 11.4. The van der Waals surface area contributed by atoms with Crippen molar-refractivity contribution >= 4 is 23.5 Å². The van der Waals surface area contributed by atoms with E-state index in [1.807, 2.05) is 48.9 Å². The molecule has 0 radical (unpaired) electrons. The normalized spacial score (nSPS) is 11.4. The van der Waals surface area contributed by atoms with Crippen molar-refractivity contribution in [1.29, 1.82) is 0 Å². The molecule has 1 amide bonds. The van der Waals surface area contributed by atoms with Crippen LogP contribution in [0, 0.1) is 20.8 Å². The lowest BCUT2D eigenvalue weighted by atomic mass is 10.1. The highest BCUT2D eigenvalue weighted by atomic mass is 32.2. The molecule has 1 aromatic heterocycles. The van der Waals surface area contributed by atoms with Gasteiger partial charge in [0.1, 0.15) is 0 Å². The number of aromatic nitrogens is 2. The van der Waals surface area contributed by atoms with Gasteiger partial charge in [-0.15, -0.1) is 11.8 Å². The summed E-state index contributed by atoms with van der Waals surface area (Å²) in [4.78, 5) is 18.3. The monoisotopic (exact) mass is 451 g/mol. The first-order valence-corrected chi connectivity index (χ1v) is 11.4. The first-order chi connectivity index (χ1) is 15.4. The third-order valence-electron chi connectivity index (χ3n) is 4.73. The molecule has 0 aliphatic heterocycles. The zero-order valence-electron chi connectivity index (χ0n) is 18.7. The lowest BCUT2D eigenvalue weighted by Crippen LogP contribution is -2.29. The van der Waals surface area contributed by atoms with E-state index in [0.29, 0.717) is 13.1 Å². The molecule has 0 saturated heterocycles. The second-order valence-electron chi connectivity index (χ2n) is 7.55. The number of hydrogen-bond acceptors (Lipinski definition) is 5. The number of carbonyl (C=O) groups excluding carboxylic acids is 1. The van der Waals surface area contributed by atoms with Gasteiger partial charge in [-0.25, -0.2) is 0 Å². The number of benzene rings is 2. The molecule has 3 aromatic rings. The number of carbonyl (C=O) groups is 1. The lowest BCUT2D eigenvalue weighted by Gasteiger charge is -2.08. The molecule has 2 aromatic carbocycles. The predicted molar refractivity (Wildman–Crippen MR) is 129 cm³/mol. The Morgan fingerprint density at radius 1 is 1.16 bits per heavy atom. The van der Waals surface area contributed by atoms with E-state index >= 15 is 0 Å². The minimum Gasteiger partial charge on any atom is -0.384 e. The molecule has 1 heterocycles. The maximum Gasteiger partial charge on any atom is 0.260 e. The first kappa shape index (κ1) is 23.4. The van der Waals surface area contributed by atoms with Crippen molar-refractivity contribution in [2.24, 2.45) is 10.9 Å². The summed E-state index contributed by atoms with van der Waals surface area (Å²) >= 11 is 1.69. The van der Waals surface area contributed by atoms with Crippen molar-refractivity contribution in [3.63, 3.8) is 0 Å². The number of nitrogens with zero attached hydrogens (tertiary/aromatic N) is 3. The van der Waals surface area contributed by atoms with E-state index < -0.39 is 0 Å². The molecule has 8 heteroatoms. The highest BCUT2D eigenvalue weighted by Gasteiger charge is 2.06. The number of nitrogens with one attached hydrogen (secondary N) is 1. The van der Waals surface area contributed by atoms with E-state index in [4.69, 9.17) is 10.6 Å². The van der Waals surface area contributed by atoms with E-state index in [0.717, 1.165) is 28.3 Å². The Morgan fingerprint density at radius 3 is 2.66 bits per heavy atom. The third-order valence-corrected chi connectivity index (χ3v) is 5.74. The number of oxime groups is 1. The number of amidine groups is 1. The summed E-state index contributed by atoms with van der Waals surface area (Å²) in [6.45, 7) is 7.07. The van der Waals surface area contributed by atoms with Crippen molar-refractivity contribution in [1.82, 2.24) is 15.1 Å². The van der Waals surface area contributed by atoms with E-state index in [-0.39, 0.29) is 18.3 Å². The third kappa shape index (κ3) is 7.16. The molecule has 0 fully saturated rings. The molecule has 0 atom stereocenters. The van der Waals surface area contributed by atoms with Crippen LogP contribution in [0.15, 0.2) is 64.6 Å². The van der Waals surface area contributed by atoms with E-state index in [1.54, 1.807) is 11.8 Å². The Bertz CT molecular complexity index is 1080. The summed E-state index contributed by atoms with van der Waals surface area (Å²) in [5, 5.41) is 11.2. The fourth-order valence-corrected chi connectivity index (χ4v) is 3.86. The SMILES string of the molecule is Cc1ccc(SCCNC(=O)CO/N=C(\N)c2cccc(Cn3nc(C)cc3C)c2)cc1. The average molecular weight is 452 g/mol. The van der Waals surface area contributed by atoms with Crippen LogP contribution in [-0.4, -0.2) is 40.4 Å². The van der Waals surface area contributed by atoms with Crippen LogP contribution in [-0.2, 0) is 16.2 Å². The molecule has 7 nitrogen and oxygen atoms in total. The molecule has 0 unspecified atom stereocenters. The van der Waals surface area contributed by atoms with E-state index in [1.165, 1.54) is 10.5 Å². The molecule has 0 bridgehead atoms. The predicted octanol–water partition coefficient (Wildman–Crippen LogP) is 3.40. The fourth-order valence-electron chi connectivity index (χ4n) is 3.09. The van der Waals surface area contributed by atoms with Crippen molar-refractivity contribution in [3.8, 4) is 0 Å². The van der Waals surface area contributed by atoms with Gasteiger partial charge in [0.2, 0.25) is 0 Å². The minimum absolute atomic E-state index is 0.179. The van der Waals surface area contributed by atoms with Gasteiger partial charge in [-0.2, -0.15) is 5.10 Å². The van der Waals surface area contributed by atoms with E-state index in [9.17, 15) is 4.79 Å². The number of aryl methyl sites for hydroxylation is 3. The molecule has 0 aliphatic carbocycles. The van der Waals surface area contributed by atoms with Crippen LogP contribution in [0.1, 0.15) is 28.1 Å². The Hall–Kier alpha value is -3.26. The van der Waals surface area contributed by atoms with Crippen molar-refractivity contribution in [2.45, 2.75) is 32.2 Å². The van der Waals surface area contributed by atoms with Crippen LogP contribution in [0.2, 0.25) is 0 Å². The lowest BCUT2D eigenvalue weighted by molar-refractivity contribution is -0.125. The van der Waals surface area contributed by atoms with Crippen molar-refractivity contribution in [2.75, 3.05) is 18.9 Å². The van der Waals surface area contributed by atoms with Crippen LogP contribution < -0.4 is 11.1 Å². The van der Waals surface area contributed by atoms with Crippen LogP contribution >= 0.6 is 11.8 Å². The maximum absolute atomic E-state index is 11.9. The standard InChI is InChI=1S/C24H29N5O2S/c1-17-7-9-22(10-8-17)32-12-11-26-23(30)16-31-28-24(25)21-6-4-5-20(14-21)15-29-19(3)13-18(2)27-29/h4-10,13-14H,11-12,15-16H2,1-3H3,(H2,25,28)(H,26,30). The first-order valence-electron chi connectivity index (χ1n) is 10.4. The molecule has 168 valence electrons. The topological polar surface area (TPSA) is 94.5 Å². The van der Waals surface area contributed by atoms with Crippen LogP contribution in [0.3, 0.4) is 0 Å². The fraction of sp³-hybridized carbons (Fsp3) is 0.292. The van der Waals surface area contributed by atoms with Gasteiger partial charge >= 0.3 is 0 Å². The maximum atomic E-state index is 11.9. The summed E-state index contributed by atoms with van der Waals surface area (Å²) in [5.74, 6) is 0.773. The summed E-state index contributed by atoms with van der Waals surface area (Å²) in [7, 11) is 0. The smallest absolute Gasteiger partial charge is 0.260 e. The van der Waals surface area contributed by atoms with Gasteiger partial charge in [0.05, 0.1) is 12.2 Å². The van der Waals surface area contributed by atoms with Gasteiger partial charge in [-0.3, -0.25) is 9.48 Å². The average Bonchev–Trinajstić information content (AvgIpc) is 3.09. The zero-order chi connectivity index (χ0) is 22.9. The van der Waals surface area contributed by atoms with Crippen molar-refractivity contribution in [3.05, 3.63) is 82.7 Å². The van der Waals surface area contributed by atoms with Gasteiger partial charge in [0, 0.05) is 28.5 Å². The molecule has 0 saturated carbocycles. The number of hydrogen-bond donors (Lipinski definition) is 2. The number of rotatable bonds is 10. The summed E-state index contributed by atoms with van der Waals surface area (Å²) in [5.41, 5.74) is 11.1. The van der Waals surface area contributed by atoms with Crippen LogP contribution in [0.5, 0.6) is 0 Å². The van der Waals surface area contributed by atoms with Gasteiger partial charge in [0.25, 0.3) is 5.91 Å². The molecule has 0 aliphatic rings. The van der Waals surface area contributed by atoms with Crippen LogP contribution in [0.4, 0.5) is 0 Å². The molecule has 3 rings (SSSR count). The largest absolute Gasteiger partial charge is 0.384 e. The summed E-state index contributed by atoms with van der Waals surface area (Å²) < 4.78 is 1.94. The van der Waals surface area contributed by atoms with E-state index in [2.05, 4.69) is 46.8 Å². The van der Waals surface area contributed by atoms with Gasteiger partial charge in [0.15, 0.2) is 12.4 Å². The number of nitrogens with two attached hydrogens (primary N) is 1. The Labute approximate surface area is 193 Å². The van der Waals surface area contributed by atoms with Crippen molar-refractivity contribution < 1.29 is 9.63 Å². The van der Waals surface area contributed by atoms with Crippen LogP contribution in [0.25, 0.3) is 0 Å². The molecular weight excluding hydrogens is 422 g/mol. The summed E-state index contributed by atoms with van der Waals surface area (Å²) in [6, 6.07) is 18.1. The zero-order valence-corrected chi connectivity index (χ0v) is 19.5. The molecular formula is C24H29N5O2S.